The minimum absolute atomic E-state index is 0.112. The Bertz CT molecular complexity index is 589. The molecule has 1 aliphatic rings. The topological polar surface area (TPSA) is 90.9 Å². The van der Waals surface area contributed by atoms with Crippen LogP contribution in [-0.4, -0.2) is 34.1 Å². The van der Waals surface area contributed by atoms with Crippen molar-refractivity contribution in [2.45, 2.75) is 6.42 Å². The largest absolute Gasteiger partial charge is 0.381 e. The molecule has 1 atom stereocenters. The number of fused-ring (bicyclic) bond motifs is 1. The van der Waals surface area contributed by atoms with Gasteiger partial charge in [0.1, 0.15) is 6.20 Å². The van der Waals surface area contributed by atoms with Crippen LogP contribution in [0.1, 0.15) is 6.42 Å². The van der Waals surface area contributed by atoms with Crippen molar-refractivity contribution in [2.24, 2.45) is 5.92 Å². The molecule has 9 heteroatoms. The number of hydrogen-bond acceptors (Lipinski definition) is 7. The summed E-state index contributed by atoms with van der Waals surface area (Å²) in [5.41, 5.74) is 2.57. The van der Waals surface area contributed by atoms with Gasteiger partial charge in [0.2, 0.25) is 0 Å². The van der Waals surface area contributed by atoms with Crippen molar-refractivity contribution >= 4 is 27.9 Å². The quantitative estimate of drug-likeness (QED) is 0.663. The van der Waals surface area contributed by atoms with Gasteiger partial charge in [0.25, 0.3) is 10.8 Å². The predicted octanol–water partition coefficient (Wildman–Crippen LogP) is 1.68. The van der Waals surface area contributed by atoms with Crippen molar-refractivity contribution in [3.8, 4) is 0 Å². The highest BCUT2D eigenvalue weighted by atomic mass is 32.1. The summed E-state index contributed by atoms with van der Waals surface area (Å²) in [6.45, 7) is 1.86. The lowest BCUT2D eigenvalue weighted by atomic mass is 10.1. The number of nitro groups is 1. The average Bonchev–Trinajstić information content (AvgIpc) is 3.02. The Balaban J connectivity index is 1.70. The number of aromatic nitrogens is 2. The van der Waals surface area contributed by atoms with E-state index in [0.29, 0.717) is 24.1 Å². The molecule has 0 aromatic carbocycles. The third-order valence-corrected chi connectivity index (χ3v) is 3.68. The predicted molar refractivity (Wildman–Crippen MR) is 68.2 cm³/mol. The van der Waals surface area contributed by atoms with Gasteiger partial charge in [-0.1, -0.05) is 11.3 Å². The highest BCUT2D eigenvalue weighted by Gasteiger charge is 2.24. The summed E-state index contributed by atoms with van der Waals surface area (Å²) < 4.78 is 6.65. The Morgan fingerprint density at radius 1 is 1.74 bits per heavy atom. The fourth-order valence-electron chi connectivity index (χ4n) is 1.96. The number of rotatable bonds is 5. The van der Waals surface area contributed by atoms with Crippen molar-refractivity contribution in [1.82, 2.24) is 9.38 Å². The molecule has 0 radical (unpaired) electrons. The van der Waals surface area contributed by atoms with Crippen molar-refractivity contribution in [3.05, 3.63) is 21.7 Å². The summed E-state index contributed by atoms with van der Waals surface area (Å²) in [5.74, 6) is 0.352. The molecule has 0 saturated carbocycles. The molecular weight excluding hydrogens is 272 g/mol. The molecule has 0 amide bonds. The van der Waals surface area contributed by atoms with E-state index in [2.05, 4.69) is 10.5 Å². The van der Waals surface area contributed by atoms with E-state index in [1.165, 1.54) is 15.7 Å². The van der Waals surface area contributed by atoms with Gasteiger partial charge >= 0.3 is 5.82 Å². The molecule has 0 spiro atoms. The molecule has 1 N–H and O–H groups in total. The Kier molecular flexibility index (Phi) is 3.32. The highest BCUT2D eigenvalue weighted by Crippen LogP contribution is 2.28. The SMILES string of the molecule is O=[N+]([O-])c1c(NOCC2CCOC2)nc2sccn12. The second-order valence-corrected chi connectivity index (χ2v) is 5.11. The van der Waals surface area contributed by atoms with Crippen molar-refractivity contribution in [3.63, 3.8) is 0 Å². The molecule has 1 aliphatic heterocycles. The van der Waals surface area contributed by atoms with Gasteiger partial charge < -0.3 is 14.9 Å². The first-order valence-corrected chi connectivity index (χ1v) is 6.69. The number of nitrogens with one attached hydrogen (secondary N) is 1. The molecule has 1 unspecified atom stereocenters. The zero-order valence-electron chi connectivity index (χ0n) is 9.94. The first-order valence-electron chi connectivity index (χ1n) is 5.81. The van der Waals surface area contributed by atoms with Crippen LogP contribution >= 0.6 is 11.3 Å². The van der Waals surface area contributed by atoms with E-state index in [0.717, 1.165) is 13.0 Å². The number of nitrogens with zero attached hydrogens (tertiary/aromatic N) is 3. The number of imidazole rings is 1. The van der Waals surface area contributed by atoms with Crippen LogP contribution in [-0.2, 0) is 9.57 Å². The van der Waals surface area contributed by atoms with Crippen molar-refractivity contribution in [2.75, 3.05) is 25.3 Å². The van der Waals surface area contributed by atoms with E-state index in [4.69, 9.17) is 9.57 Å². The van der Waals surface area contributed by atoms with Gasteiger partial charge in [0.05, 0.1) is 13.2 Å². The lowest BCUT2D eigenvalue weighted by molar-refractivity contribution is -0.389. The van der Waals surface area contributed by atoms with Gasteiger partial charge in [-0.15, -0.1) is 0 Å². The maximum atomic E-state index is 11.0. The van der Waals surface area contributed by atoms with Crippen LogP contribution in [0.25, 0.3) is 4.96 Å². The minimum Gasteiger partial charge on any atom is -0.381 e. The van der Waals surface area contributed by atoms with Crippen LogP contribution in [0.5, 0.6) is 0 Å². The summed E-state index contributed by atoms with van der Waals surface area (Å²) in [6.07, 6.45) is 2.56. The van der Waals surface area contributed by atoms with Crippen LogP contribution in [0.4, 0.5) is 11.6 Å². The molecule has 1 fully saturated rings. The van der Waals surface area contributed by atoms with Crippen LogP contribution in [0.15, 0.2) is 11.6 Å². The van der Waals surface area contributed by atoms with Gasteiger partial charge in [-0.2, -0.15) is 9.38 Å². The lowest BCUT2D eigenvalue weighted by Crippen LogP contribution is -2.13. The van der Waals surface area contributed by atoms with Gasteiger partial charge in [0, 0.05) is 17.9 Å². The van der Waals surface area contributed by atoms with E-state index in [1.807, 2.05) is 0 Å². The summed E-state index contributed by atoms with van der Waals surface area (Å²) in [7, 11) is 0. The van der Waals surface area contributed by atoms with Gasteiger partial charge in [-0.25, -0.2) is 5.48 Å². The molecule has 2 aromatic heterocycles. The molecule has 3 rings (SSSR count). The number of ether oxygens (including phenoxy) is 1. The second kappa shape index (κ2) is 5.11. The molecule has 0 bridgehead atoms. The van der Waals surface area contributed by atoms with Crippen LogP contribution in [0.2, 0.25) is 0 Å². The number of anilines is 1. The summed E-state index contributed by atoms with van der Waals surface area (Å²) >= 11 is 1.33. The minimum atomic E-state index is -0.475. The summed E-state index contributed by atoms with van der Waals surface area (Å²) in [4.78, 5) is 20.5. The van der Waals surface area contributed by atoms with E-state index in [1.54, 1.807) is 11.6 Å². The summed E-state index contributed by atoms with van der Waals surface area (Å²) in [5, 5.41) is 12.8. The molecule has 8 nitrogen and oxygen atoms in total. The smallest absolute Gasteiger partial charge is 0.375 e. The molecule has 19 heavy (non-hydrogen) atoms. The second-order valence-electron chi connectivity index (χ2n) is 4.24. The van der Waals surface area contributed by atoms with Gasteiger partial charge in [-0.05, 0) is 11.3 Å². The molecule has 2 aromatic rings. The van der Waals surface area contributed by atoms with Gasteiger partial charge in [0.15, 0.2) is 0 Å². The van der Waals surface area contributed by atoms with E-state index in [9.17, 15) is 10.1 Å². The van der Waals surface area contributed by atoms with Crippen molar-refractivity contribution < 1.29 is 14.5 Å². The fraction of sp³-hybridized carbons (Fsp3) is 0.500. The Labute approximate surface area is 112 Å². The van der Waals surface area contributed by atoms with Gasteiger partial charge in [-0.3, -0.25) is 4.84 Å². The standard InChI is InChI=1S/C10H12N4O4S/c15-14(16)9-8(11-10-13(9)2-4-19-10)12-18-6-7-1-3-17-5-7/h2,4,7,12H,1,3,5-6H2. The van der Waals surface area contributed by atoms with Crippen LogP contribution in [0.3, 0.4) is 0 Å². The number of hydrogen-bond donors (Lipinski definition) is 1. The first-order chi connectivity index (χ1) is 9.25. The average molecular weight is 284 g/mol. The molecule has 1 saturated heterocycles. The molecule has 0 aliphatic carbocycles. The molecular formula is C10H12N4O4S. The van der Waals surface area contributed by atoms with Crippen molar-refractivity contribution in [1.29, 1.82) is 0 Å². The maximum absolute atomic E-state index is 11.0. The normalized spacial score (nSPS) is 19.1. The van der Waals surface area contributed by atoms with Crippen LogP contribution < -0.4 is 5.48 Å². The Morgan fingerprint density at radius 3 is 3.37 bits per heavy atom. The van der Waals surface area contributed by atoms with Crippen LogP contribution in [0, 0.1) is 16.0 Å². The van der Waals surface area contributed by atoms with E-state index in [-0.39, 0.29) is 11.6 Å². The maximum Gasteiger partial charge on any atom is 0.375 e. The number of thiazole rings is 1. The monoisotopic (exact) mass is 284 g/mol. The molecule has 3 heterocycles. The Hall–Kier alpha value is -1.71. The van der Waals surface area contributed by atoms with E-state index >= 15 is 0 Å². The third kappa shape index (κ3) is 2.39. The lowest BCUT2D eigenvalue weighted by Gasteiger charge is -2.08. The zero-order valence-corrected chi connectivity index (χ0v) is 10.8. The third-order valence-electron chi connectivity index (χ3n) is 2.92. The Morgan fingerprint density at radius 2 is 2.63 bits per heavy atom. The molecule has 102 valence electrons. The zero-order chi connectivity index (χ0) is 13.2. The first kappa shape index (κ1) is 12.3. The highest BCUT2D eigenvalue weighted by molar-refractivity contribution is 7.15. The van der Waals surface area contributed by atoms with E-state index < -0.39 is 4.92 Å². The summed E-state index contributed by atoms with van der Waals surface area (Å²) in [6, 6.07) is 0. The fourth-order valence-corrected chi connectivity index (χ4v) is 2.67.